The third-order valence-corrected chi connectivity index (χ3v) is 8.65. The van der Waals surface area contributed by atoms with Crippen molar-refractivity contribution in [2.24, 2.45) is 0 Å². The molecule has 46 heavy (non-hydrogen) atoms. The van der Waals surface area contributed by atoms with Gasteiger partial charge in [-0.3, -0.25) is 9.59 Å². The van der Waals surface area contributed by atoms with Crippen LogP contribution in [0, 0.1) is 0 Å². The van der Waals surface area contributed by atoms with Crippen LogP contribution in [0.2, 0.25) is 0 Å². The zero-order valence-corrected chi connectivity index (χ0v) is 30.1. The van der Waals surface area contributed by atoms with E-state index in [0.29, 0.717) is 37.7 Å². The maximum absolute atomic E-state index is 13.7. The van der Waals surface area contributed by atoms with Gasteiger partial charge < -0.3 is 19.3 Å². The Labute approximate surface area is 290 Å². The van der Waals surface area contributed by atoms with Gasteiger partial charge in [0.25, 0.3) is 11.8 Å². The summed E-state index contributed by atoms with van der Waals surface area (Å²) in [5.41, 5.74) is 4.07. The molecule has 0 bridgehead atoms. The van der Waals surface area contributed by atoms with Gasteiger partial charge in [-0.15, -0.1) is 0 Å². The maximum Gasteiger partial charge on any atom is 0.260 e. The van der Waals surface area contributed by atoms with E-state index in [9.17, 15) is 9.59 Å². The van der Waals surface area contributed by atoms with Crippen molar-refractivity contribution < 1.29 is 19.1 Å². The summed E-state index contributed by atoms with van der Waals surface area (Å²) in [4.78, 5) is 30.9. The lowest BCUT2D eigenvalue weighted by Crippen LogP contribution is -2.43. The van der Waals surface area contributed by atoms with E-state index >= 15 is 0 Å². The van der Waals surface area contributed by atoms with Gasteiger partial charge in [0.2, 0.25) is 0 Å². The Morgan fingerprint density at radius 1 is 0.587 bits per heavy atom. The van der Waals surface area contributed by atoms with E-state index < -0.39 is 0 Å². The maximum atomic E-state index is 13.7. The first-order valence-electron chi connectivity index (χ1n) is 15.6. The lowest BCUT2D eigenvalue weighted by Gasteiger charge is -2.29. The predicted octanol–water partition coefficient (Wildman–Crippen LogP) is 8.97. The Balaban J connectivity index is 1.51. The Hall–Kier alpha value is -3.62. The number of halogens is 2. The van der Waals surface area contributed by atoms with Gasteiger partial charge in [-0.2, -0.15) is 0 Å². The van der Waals surface area contributed by atoms with Crippen molar-refractivity contribution in [3.63, 3.8) is 0 Å². The molecule has 0 spiro atoms. The van der Waals surface area contributed by atoms with Crippen LogP contribution in [0.25, 0.3) is 0 Å². The first kappa shape index (κ1) is 35.2. The van der Waals surface area contributed by atoms with Crippen LogP contribution in [0.5, 0.6) is 11.5 Å². The first-order chi connectivity index (χ1) is 22.1. The fraction of sp³-hybridized carbons (Fsp3) is 0.316. The highest BCUT2D eigenvalue weighted by Crippen LogP contribution is 2.31. The standard InChI is InChI=1S/C38H42Br2N2O4/c1-27(2)33-21-31(39)15-17-35(33)45-25-37(43)41(23-29-11-7-5-8-12-29)19-20-42(24-30-13-9-6-10-14-30)38(44)26-46-36-18-16-32(40)22-34(36)28(3)4/h5-18,21-22,27-28H,19-20,23-26H2,1-4H3. The van der Waals surface area contributed by atoms with E-state index in [4.69, 9.17) is 9.47 Å². The monoisotopic (exact) mass is 748 g/mol. The van der Waals surface area contributed by atoms with E-state index in [1.54, 1.807) is 9.80 Å². The van der Waals surface area contributed by atoms with Gasteiger partial charge >= 0.3 is 0 Å². The Morgan fingerprint density at radius 2 is 0.957 bits per heavy atom. The summed E-state index contributed by atoms with van der Waals surface area (Å²) in [6.45, 7) is 9.66. The minimum absolute atomic E-state index is 0.106. The second-order valence-electron chi connectivity index (χ2n) is 11.9. The molecule has 6 nitrogen and oxygen atoms in total. The zero-order chi connectivity index (χ0) is 33.1. The van der Waals surface area contributed by atoms with Crippen LogP contribution in [0.4, 0.5) is 0 Å². The molecular formula is C38H42Br2N2O4. The average Bonchev–Trinajstić information content (AvgIpc) is 3.05. The molecule has 0 aromatic heterocycles. The molecule has 0 unspecified atom stereocenters. The third-order valence-electron chi connectivity index (χ3n) is 7.67. The van der Waals surface area contributed by atoms with E-state index in [1.165, 1.54) is 0 Å². The van der Waals surface area contributed by atoms with Crippen LogP contribution in [-0.2, 0) is 22.7 Å². The van der Waals surface area contributed by atoms with Crippen molar-refractivity contribution in [3.8, 4) is 11.5 Å². The average molecular weight is 751 g/mol. The Kier molecular flexibility index (Phi) is 13.3. The van der Waals surface area contributed by atoms with Crippen LogP contribution >= 0.6 is 31.9 Å². The van der Waals surface area contributed by atoms with E-state index in [-0.39, 0.29) is 36.9 Å². The van der Waals surface area contributed by atoms with Crippen LogP contribution < -0.4 is 9.47 Å². The smallest absolute Gasteiger partial charge is 0.260 e. The minimum Gasteiger partial charge on any atom is -0.483 e. The number of benzene rings is 4. The molecule has 0 saturated carbocycles. The minimum atomic E-state index is -0.152. The van der Waals surface area contributed by atoms with Crippen LogP contribution in [0.15, 0.2) is 106 Å². The predicted molar refractivity (Wildman–Crippen MR) is 191 cm³/mol. The number of rotatable bonds is 15. The molecule has 0 aliphatic carbocycles. The third kappa shape index (κ3) is 10.5. The number of hydrogen-bond donors (Lipinski definition) is 0. The highest BCUT2D eigenvalue weighted by molar-refractivity contribution is 9.10. The largest absolute Gasteiger partial charge is 0.483 e. The number of nitrogens with zero attached hydrogens (tertiary/aromatic N) is 2. The van der Waals surface area contributed by atoms with E-state index in [1.807, 2.05) is 97.1 Å². The molecule has 4 aromatic rings. The topological polar surface area (TPSA) is 59.1 Å². The fourth-order valence-corrected chi connectivity index (χ4v) is 5.86. The summed E-state index contributed by atoms with van der Waals surface area (Å²) in [7, 11) is 0. The highest BCUT2D eigenvalue weighted by atomic mass is 79.9. The zero-order valence-electron chi connectivity index (χ0n) is 26.9. The number of ether oxygens (including phenoxy) is 2. The quantitative estimate of drug-likeness (QED) is 0.122. The number of carbonyl (C=O) groups excluding carboxylic acids is 2. The second-order valence-corrected chi connectivity index (χ2v) is 13.7. The lowest BCUT2D eigenvalue weighted by molar-refractivity contribution is -0.138. The van der Waals surface area contributed by atoms with Gasteiger partial charge in [0, 0.05) is 35.1 Å². The van der Waals surface area contributed by atoms with Crippen LogP contribution in [-0.4, -0.2) is 47.9 Å². The molecule has 0 aliphatic rings. The van der Waals surface area contributed by atoms with Crippen molar-refractivity contribution in [2.45, 2.75) is 52.6 Å². The Bertz CT molecular complexity index is 1460. The molecule has 0 aliphatic heterocycles. The van der Waals surface area contributed by atoms with E-state index in [0.717, 1.165) is 31.2 Å². The molecule has 2 amide bonds. The molecule has 0 saturated heterocycles. The van der Waals surface area contributed by atoms with Crippen molar-refractivity contribution in [2.75, 3.05) is 26.3 Å². The summed E-state index contributed by atoms with van der Waals surface area (Å²) >= 11 is 7.07. The molecule has 0 radical (unpaired) electrons. The van der Waals surface area contributed by atoms with Gasteiger partial charge in [0.05, 0.1) is 0 Å². The van der Waals surface area contributed by atoms with E-state index in [2.05, 4.69) is 59.6 Å². The highest BCUT2D eigenvalue weighted by Gasteiger charge is 2.21. The molecule has 242 valence electrons. The van der Waals surface area contributed by atoms with Gasteiger partial charge in [-0.25, -0.2) is 0 Å². The van der Waals surface area contributed by atoms with Gasteiger partial charge in [-0.1, -0.05) is 120 Å². The summed E-state index contributed by atoms with van der Waals surface area (Å²) in [5.74, 6) is 1.55. The van der Waals surface area contributed by atoms with Crippen LogP contribution in [0.3, 0.4) is 0 Å². The fourth-order valence-electron chi connectivity index (χ4n) is 5.10. The second kappa shape index (κ2) is 17.3. The van der Waals surface area contributed by atoms with Crippen molar-refractivity contribution in [1.29, 1.82) is 0 Å². The molecular weight excluding hydrogens is 708 g/mol. The number of hydrogen-bond acceptors (Lipinski definition) is 4. The van der Waals surface area contributed by atoms with Crippen LogP contribution in [0.1, 0.15) is 61.8 Å². The summed E-state index contributed by atoms with van der Waals surface area (Å²) in [6, 6.07) is 31.4. The summed E-state index contributed by atoms with van der Waals surface area (Å²) in [6.07, 6.45) is 0. The molecule has 0 fully saturated rings. The molecule has 0 heterocycles. The molecule has 8 heteroatoms. The number of carbonyl (C=O) groups is 2. The molecule has 0 N–H and O–H groups in total. The molecule has 4 aromatic carbocycles. The summed E-state index contributed by atoms with van der Waals surface area (Å²) < 4.78 is 14.1. The first-order valence-corrected chi connectivity index (χ1v) is 17.2. The number of amides is 2. The van der Waals surface area contributed by atoms with Crippen molar-refractivity contribution in [3.05, 3.63) is 128 Å². The summed E-state index contributed by atoms with van der Waals surface area (Å²) in [5, 5.41) is 0. The van der Waals surface area contributed by atoms with Gasteiger partial charge in [0.1, 0.15) is 11.5 Å². The molecule has 0 atom stereocenters. The molecule has 4 rings (SSSR count). The lowest BCUT2D eigenvalue weighted by atomic mass is 10.0. The van der Waals surface area contributed by atoms with Crippen molar-refractivity contribution >= 4 is 43.7 Å². The Morgan fingerprint density at radius 3 is 1.30 bits per heavy atom. The van der Waals surface area contributed by atoms with Gasteiger partial charge in [0.15, 0.2) is 13.2 Å². The van der Waals surface area contributed by atoms with Gasteiger partial charge in [-0.05, 0) is 70.5 Å². The SMILES string of the molecule is CC(C)c1cc(Br)ccc1OCC(=O)N(CCN(Cc1ccccc1)C(=O)COc1ccc(Br)cc1C(C)C)Cc1ccccc1. The normalized spacial score (nSPS) is 11.0. The van der Waals surface area contributed by atoms with Crippen molar-refractivity contribution in [1.82, 2.24) is 9.80 Å².